The van der Waals surface area contributed by atoms with E-state index in [0.29, 0.717) is 47.0 Å². The highest BCUT2D eigenvalue weighted by Gasteiger charge is 2.41. The van der Waals surface area contributed by atoms with Crippen molar-refractivity contribution in [1.29, 1.82) is 0 Å². The number of amides is 1. The van der Waals surface area contributed by atoms with Crippen LogP contribution in [0, 0.1) is 11.2 Å². The molecule has 10 nitrogen and oxygen atoms in total. The van der Waals surface area contributed by atoms with Crippen molar-refractivity contribution in [3.05, 3.63) is 48.2 Å². The fraction of sp³-hybridized carbons (Fsp3) is 0.481. The van der Waals surface area contributed by atoms with E-state index in [1.54, 1.807) is 24.4 Å². The third-order valence-electron chi connectivity index (χ3n) is 7.05. The van der Waals surface area contributed by atoms with Gasteiger partial charge in [0.25, 0.3) is 0 Å². The minimum absolute atomic E-state index is 0.0638. The van der Waals surface area contributed by atoms with Crippen LogP contribution in [0.1, 0.15) is 44.7 Å². The molecule has 3 aromatic rings. The molecule has 1 saturated carbocycles. The van der Waals surface area contributed by atoms with Crippen molar-refractivity contribution in [3.63, 3.8) is 0 Å². The van der Waals surface area contributed by atoms with Crippen LogP contribution in [0.2, 0.25) is 0 Å². The first-order valence-electron chi connectivity index (χ1n) is 13.1. The van der Waals surface area contributed by atoms with E-state index in [4.69, 9.17) is 19.2 Å². The van der Waals surface area contributed by atoms with Crippen molar-refractivity contribution in [1.82, 2.24) is 25.3 Å². The van der Waals surface area contributed by atoms with Gasteiger partial charge in [0.05, 0.1) is 41.8 Å². The molecule has 3 N–H and O–H groups in total. The van der Waals surface area contributed by atoms with Crippen molar-refractivity contribution in [2.24, 2.45) is 5.41 Å². The lowest BCUT2D eigenvalue weighted by Gasteiger charge is -2.35. The molecule has 1 aromatic carbocycles. The van der Waals surface area contributed by atoms with E-state index in [9.17, 15) is 9.18 Å². The minimum atomic E-state index is -0.833. The Labute approximate surface area is 219 Å². The van der Waals surface area contributed by atoms with Crippen LogP contribution >= 0.6 is 0 Å². The molecule has 4 heterocycles. The van der Waals surface area contributed by atoms with Gasteiger partial charge in [0.15, 0.2) is 5.82 Å². The average Bonchev–Trinajstić information content (AvgIpc) is 3.39. The maximum Gasteiger partial charge on any atom is 0.230 e. The van der Waals surface area contributed by atoms with Gasteiger partial charge in [-0.15, -0.1) is 0 Å². The van der Waals surface area contributed by atoms with E-state index in [1.807, 2.05) is 6.92 Å². The lowest BCUT2D eigenvalue weighted by Crippen LogP contribution is -2.49. The summed E-state index contributed by atoms with van der Waals surface area (Å²) < 4.78 is 31.2. The smallest absolute Gasteiger partial charge is 0.230 e. The van der Waals surface area contributed by atoms with Gasteiger partial charge in [-0.25, -0.2) is 19.3 Å². The van der Waals surface area contributed by atoms with Crippen LogP contribution < -0.4 is 10.6 Å². The van der Waals surface area contributed by atoms with Crippen LogP contribution in [-0.2, 0) is 19.0 Å². The predicted molar refractivity (Wildman–Crippen MR) is 136 cm³/mol. The predicted octanol–water partition coefficient (Wildman–Crippen LogP) is 3.59. The molecular formula is C27H31FN6O4. The van der Waals surface area contributed by atoms with Gasteiger partial charge in [0.1, 0.15) is 5.82 Å². The molecule has 2 aliphatic heterocycles. The molecule has 6 rings (SSSR count). The van der Waals surface area contributed by atoms with Crippen molar-refractivity contribution in [3.8, 4) is 22.6 Å². The summed E-state index contributed by atoms with van der Waals surface area (Å²) in [6.45, 7) is 3.38. The Morgan fingerprint density at radius 3 is 2.61 bits per heavy atom. The topological polar surface area (TPSA) is 123 Å². The highest BCUT2D eigenvalue weighted by molar-refractivity contribution is 5.82. The molecule has 0 bridgehead atoms. The Morgan fingerprint density at radius 2 is 1.89 bits per heavy atom. The summed E-state index contributed by atoms with van der Waals surface area (Å²) in [6, 6.07) is 8.31. The van der Waals surface area contributed by atoms with Gasteiger partial charge in [-0.2, -0.15) is 0 Å². The van der Waals surface area contributed by atoms with Gasteiger partial charge >= 0.3 is 0 Å². The van der Waals surface area contributed by atoms with Crippen LogP contribution in [0.3, 0.4) is 0 Å². The number of imidazole rings is 1. The fourth-order valence-electron chi connectivity index (χ4n) is 4.61. The molecule has 38 heavy (non-hydrogen) atoms. The zero-order chi connectivity index (χ0) is 26.1. The first-order chi connectivity index (χ1) is 18.5. The van der Waals surface area contributed by atoms with E-state index >= 15 is 0 Å². The van der Waals surface area contributed by atoms with E-state index in [2.05, 4.69) is 25.6 Å². The molecule has 1 atom stereocenters. The second-order valence-electron chi connectivity index (χ2n) is 10.4. The van der Waals surface area contributed by atoms with Gasteiger partial charge in [0, 0.05) is 31.0 Å². The molecule has 200 valence electrons. The number of nitrogens with one attached hydrogen (secondary N) is 3. The Bertz CT molecular complexity index is 1280. The van der Waals surface area contributed by atoms with Crippen LogP contribution in [0.5, 0.6) is 0 Å². The summed E-state index contributed by atoms with van der Waals surface area (Å²) in [4.78, 5) is 30.0. The third-order valence-corrected chi connectivity index (χ3v) is 7.05. The Morgan fingerprint density at radius 1 is 1.11 bits per heavy atom. The molecule has 3 fully saturated rings. The summed E-state index contributed by atoms with van der Waals surface area (Å²) in [6.07, 6.45) is 5.13. The summed E-state index contributed by atoms with van der Waals surface area (Å²) in [5, 5.41) is 6.28. The zero-order valence-corrected chi connectivity index (χ0v) is 21.2. The number of ether oxygens (including phenoxy) is 3. The number of carbonyl (C=O) groups excluding carboxylic acids is 1. The lowest BCUT2D eigenvalue weighted by atomic mass is 9.91. The Balaban J connectivity index is 1.21. The quantitative estimate of drug-likeness (QED) is 0.410. The second kappa shape index (κ2) is 10.4. The van der Waals surface area contributed by atoms with E-state index in [0.717, 1.165) is 32.3 Å². The molecule has 0 spiro atoms. The summed E-state index contributed by atoms with van der Waals surface area (Å²) in [5.74, 6) is 0.521. The maximum absolute atomic E-state index is 13.6. The molecule has 3 aliphatic rings. The normalized spacial score (nSPS) is 25.3. The molecule has 1 aliphatic carbocycles. The number of anilines is 1. The van der Waals surface area contributed by atoms with Crippen molar-refractivity contribution in [2.75, 3.05) is 31.7 Å². The minimum Gasteiger partial charge on any atom is -0.376 e. The van der Waals surface area contributed by atoms with E-state index in [-0.39, 0.29) is 31.0 Å². The second-order valence-corrected chi connectivity index (χ2v) is 10.4. The number of carbonyl (C=O) groups is 1. The van der Waals surface area contributed by atoms with Crippen LogP contribution in [0.4, 0.5) is 10.3 Å². The number of hydrogen-bond acceptors (Lipinski definition) is 8. The largest absolute Gasteiger partial charge is 0.376 e. The summed E-state index contributed by atoms with van der Waals surface area (Å²) in [5.41, 5.74) is 1.75. The van der Waals surface area contributed by atoms with E-state index < -0.39 is 11.7 Å². The van der Waals surface area contributed by atoms with Gasteiger partial charge in [-0.3, -0.25) is 4.79 Å². The maximum atomic E-state index is 13.6. The monoisotopic (exact) mass is 522 g/mol. The van der Waals surface area contributed by atoms with Gasteiger partial charge in [-0.1, -0.05) is 0 Å². The zero-order valence-electron chi connectivity index (χ0n) is 21.2. The molecule has 1 unspecified atom stereocenters. The van der Waals surface area contributed by atoms with Crippen LogP contribution in [0.15, 0.2) is 36.5 Å². The van der Waals surface area contributed by atoms with Crippen molar-refractivity contribution in [2.45, 2.75) is 51.0 Å². The number of H-pyrrole nitrogens is 1. The highest BCUT2D eigenvalue weighted by Crippen LogP contribution is 2.36. The first-order valence-corrected chi connectivity index (χ1v) is 13.1. The molecule has 1 amide bonds. The Hall–Kier alpha value is -3.41. The van der Waals surface area contributed by atoms with Gasteiger partial charge in [0.2, 0.25) is 18.1 Å². The number of benzene rings is 1. The van der Waals surface area contributed by atoms with Crippen molar-refractivity contribution >= 4 is 11.9 Å². The lowest BCUT2D eigenvalue weighted by molar-refractivity contribution is -0.231. The number of rotatable bonds is 8. The average molecular weight is 523 g/mol. The first kappa shape index (κ1) is 24.9. The van der Waals surface area contributed by atoms with Crippen LogP contribution in [-0.4, -0.2) is 64.4 Å². The number of aromatic nitrogens is 4. The summed E-state index contributed by atoms with van der Waals surface area (Å²) >= 11 is 0. The number of aromatic amines is 1. The van der Waals surface area contributed by atoms with Gasteiger partial charge < -0.3 is 29.8 Å². The van der Waals surface area contributed by atoms with E-state index in [1.165, 1.54) is 12.1 Å². The molecular weight excluding hydrogens is 491 g/mol. The SMILES string of the molecule is CC1(C(=O)NCC2CCCO2)COC(c2nc(-c3ccc(F)cc3)c(-c3ccnc(NC4CC4)n3)[nH]2)OC1. The van der Waals surface area contributed by atoms with Gasteiger partial charge in [-0.05, 0) is 62.9 Å². The fourth-order valence-corrected chi connectivity index (χ4v) is 4.61. The molecule has 0 radical (unpaired) electrons. The third kappa shape index (κ3) is 5.40. The molecule has 2 saturated heterocycles. The standard InChI is InChI=1S/C27H31FN6O4/c1-27(25(35)30-13-19-3-2-12-36-19)14-37-24(38-15-27)23-33-21(16-4-6-17(28)7-5-16)22(34-23)20-10-11-29-26(32-20)31-18-8-9-18/h4-7,10-11,18-19,24H,2-3,8-9,12-15H2,1H3,(H,30,35)(H,33,34)(H,29,31,32). The Kier molecular flexibility index (Phi) is 6.81. The van der Waals surface area contributed by atoms with Crippen molar-refractivity contribution < 1.29 is 23.4 Å². The molecule has 11 heteroatoms. The number of hydrogen-bond donors (Lipinski definition) is 3. The number of nitrogens with zero attached hydrogens (tertiary/aromatic N) is 3. The van der Waals surface area contributed by atoms with Crippen LogP contribution in [0.25, 0.3) is 22.6 Å². The summed E-state index contributed by atoms with van der Waals surface area (Å²) in [7, 11) is 0. The highest BCUT2D eigenvalue weighted by atomic mass is 19.1. The number of halogens is 1. The molecule has 2 aromatic heterocycles.